The first-order chi connectivity index (χ1) is 19.7. The molecule has 1 amide bonds. The minimum atomic E-state index is -0.114. The molecule has 6 nitrogen and oxygen atoms in total. The van der Waals surface area contributed by atoms with Crippen LogP contribution >= 0.6 is 0 Å². The number of hydrogen-bond donors (Lipinski definition) is 2. The first-order valence-electron chi connectivity index (χ1n) is 14.8. The summed E-state index contributed by atoms with van der Waals surface area (Å²) in [5, 5.41) is 6.51. The van der Waals surface area contributed by atoms with Crippen LogP contribution in [0.1, 0.15) is 71.9 Å². The molecular formula is C35H42N2O4. The summed E-state index contributed by atoms with van der Waals surface area (Å²) in [6, 6.07) is 17.3. The minimum absolute atomic E-state index is 0.0354. The quantitative estimate of drug-likeness (QED) is 0.202. The number of benzene rings is 3. The number of aryl methyl sites for hydroxylation is 2. The van der Waals surface area contributed by atoms with Crippen molar-refractivity contribution in [1.29, 1.82) is 0 Å². The lowest BCUT2D eigenvalue weighted by Crippen LogP contribution is -2.27. The van der Waals surface area contributed by atoms with Crippen molar-refractivity contribution in [2.24, 2.45) is 5.41 Å². The van der Waals surface area contributed by atoms with Crippen LogP contribution in [0.2, 0.25) is 0 Å². The Kier molecular flexibility index (Phi) is 8.39. The van der Waals surface area contributed by atoms with E-state index in [0.29, 0.717) is 26.0 Å². The van der Waals surface area contributed by atoms with Gasteiger partial charge in [-0.15, -0.1) is 0 Å². The molecule has 0 saturated heterocycles. The molecule has 2 aliphatic carbocycles. The second kappa shape index (κ2) is 12.0. The van der Waals surface area contributed by atoms with Gasteiger partial charge in [0, 0.05) is 24.6 Å². The van der Waals surface area contributed by atoms with E-state index in [2.05, 4.69) is 79.9 Å². The van der Waals surface area contributed by atoms with Crippen molar-refractivity contribution < 1.29 is 19.1 Å². The van der Waals surface area contributed by atoms with Crippen molar-refractivity contribution in [3.63, 3.8) is 0 Å². The Bertz CT molecular complexity index is 1430. The maximum Gasteiger partial charge on any atom is 0.306 e. The van der Waals surface area contributed by atoms with Gasteiger partial charge in [0.1, 0.15) is 12.4 Å². The Balaban J connectivity index is 1.28. The number of methoxy groups -OCH3 is 1. The molecule has 0 aromatic heterocycles. The third-order valence-corrected chi connectivity index (χ3v) is 9.01. The number of esters is 1. The molecule has 5 rings (SSSR count). The van der Waals surface area contributed by atoms with Crippen LogP contribution in [0.3, 0.4) is 0 Å². The third kappa shape index (κ3) is 6.12. The van der Waals surface area contributed by atoms with E-state index in [1.807, 2.05) is 6.92 Å². The zero-order valence-electron chi connectivity index (χ0n) is 25.0. The van der Waals surface area contributed by atoms with Crippen LogP contribution in [0.4, 0.5) is 5.69 Å². The normalized spacial score (nSPS) is 16.3. The second-order valence-corrected chi connectivity index (χ2v) is 11.7. The Morgan fingerprint density at radius 2 is 1.78 bits per heavy atom. The van der Waals surface area contributed by atoms with Crippen LogP contribution in [-0.2, 0) is 27.3 Å². The number of fused-ring (bicyclic) bond motifs is 1. The molecule has 0 bridgehead atoms. The average Bonchev–Trinajstić information content (AvgIpc) is 3.67. The van der Waals surface area contributed by atoms with Gasteiger partial charge < -0.3 is 20.1 Å². The Morgan fingerprint density at radius 1 is 1.02 bits per heavy atom. The van der Waals surface area contributed by atoms with Crippen molar-refractivity contribution in [2.75, 3.05) is 25.6 Å². The molecule has 1 unspecified atom stereocenters. The molecule has 216 valence electrons. The summed E-state index contributed by atoms with van der Waals surface area (Å²) in [4.78, 5) is 23.5. The van der Waals surface area contributed by atoms with Crippen molar-refractivity contribution in [3.05, 3.63) is 81.9 Å². The maximum atomic E-state index is 12.1. The van der Waals surface area contributed by atoms with Crippen molar-refractivity contribution in [1.82, 2.24) is 5.32 Å². The number of carbonyl (C=O) groups excluding carboxylic acids is 2. The monoisotopic (exact) mass is 554 g/mol. The van der Waals surface area contributed by atoms with E-state index in [-0.39, 0.29) is 23.2 Å². The van der Waals surface area contributed by atoms with E-state index in [1.165, 1.54) is 64.5 Å². The molecule has 0 radical (unpaired) electrons. The molecule has 3 aromatic carbocycles. The average molecular weight is 555 g/mol. The van der Waals surface area contributed by atoms with Gasteiger partial charge in [0.25, 0.3) is 0 Å². The number of amides is 1. The molecule has 3 aromatic rings. The summed E-state index contributed by atoms with van der Waals surface area (Å²) < 4.78 is 10.9. The van der Waals surface area contributed by atoms with Crippen molar-refractivity contribution >= 4 is 17.6 Å². The van der Waals surface area contributed by atoms with Crippen molar-refractivity contribution in [2.45, 2.75) is 72.3 Å². The fourth-order valence-corrected chi connectivity index (χ4v) is 6.56. The van der Waals surface area contributed by atoms with Crippen LogP contribution < -0.4 is 15.4 Å². The highest BCUT2D eigenvalue weighted by Crippen LogP contribution is 2.64. The van der Waals surface area contributed by atoms with Crippen molar-refractivity contribution in [3.8, 4) is 16.9 Å². The highest BCUT2D eigenvalue weighted by atomic mass is 16.5. The molecule has 0 heterocycles. The summed E-state index contributed by atoms with van der Waals surface area (Å²) in [7, 11) is 1.48. The lowest BCUT2D eigenvalue weighted by atomic mass is 9.87. The molecule has 1 spiro atoms. The molecule has 1 atom stereocenters. The number of rotatable bonds is 11. The molecule has 2 aliphatic rings. The Hall–Kier alpha value is -3.80. The highest BCUT2D eigenvalue weighted by Gasteiger charge is 2.54. The largest absolute Gasteiger partial charge is 0.492 e. The van der Waals surface area contributed by atoms with Gasteiger partial charge in [-0.3, -0.25) is 9.59 Å². The minimum Gasteiger partial charge on any atom is -0.492 e. The highest BCUT2D eigenvalue weighted by molar-refractivity contribution is 5.76. The molecule has 41 heavy (non-hydrogen) atoms. The van der Waals surface area contributed by atoms with Gasteiger partial charge in [-0.1, -0.05) is 31.2 Å². The SMILES string of the molecule is CCC(=O)NCCOc1cc(C)c(-c2cccc(CNc3ccc4c(c3)CC3(CC3)C4CC(=O)OC)c2C)c(C)c1. The Labute approximate surface area is 243 Å². The smallest absolute Gasteiger partial charge is 0.306 e. The standard InChI is InChI=1S/C35H42N2O4/c1-6-32(38)36-14-15-41-28-16-22(2)34(23(3)17-28)29-9-7-8-25(24(29)4)21-37-27-10-11-30-26(18-27)20-35(12-13-35)31(30)19-33(39)40-5/h7-11,16-18,31,37H,6,12-15,19-21H2,1-5H3,(H,36,38). The zero-order chi connectivity index (χ0) is 29.1. The number of hydrogen-bond acceptors (Lipinski definition) is 5. The molecule has 1 fully saturated rings. The van der Waals surface area contributed by atoms with Crippen LogP contribution in [0.5, 0.6) is 5.75 Å². The summed E-state index contributed by atoms with van der Waals surface area (Å²) in [5.41, 5.74) is 11.4. The van der Waals surface area contributed by atoms with Gasteiger partial charge in [-0.25, -0.2) is 0 Å². The van der Waals surface area contributed by atoms with E-state index in [4.69, 9.17) is 9.47 Å². The first kappa shape index (κ1) is 28.7. The van der Waals surface area contributed by atoms with E-state index in [1.54, 1.807) is 0 Å². The molecule has 2 N–H and O–H groups in total. The second-order valence-electron chi connectivity index (χ2n) is 11.7. The molecule has 0 aliphatic heterocycles. The van der Waals surface area contributed by atoms with E-state index >= 15 is 0 Å². The fourth-order valence-electron chi connectivity index (χ4n) is 6.56. The maximum absolute atomic E-state index is 12.1. The van der Waals surface area contributed by atoms with Crippen LogP contribution in [0.25, 0.3) is 11.1 Å². The van der Waals surface area contributed by atoms with Crippen LogP contribution in [0.15, 0.2) is 48.5 Å². The fraction of sp³-hybridized carbons (Fsp3) is 0.429. The van der Waals surface area contributed by atoms with Gasteiger partial charge in [-0.2, -0.15) is 0 Å². The topological polar surface area (TPSA) is 76.7 Å². The lowest BCUT2D eigenvalue weighted by molar-refractivity contribution is -0.141. The molecule has 1 saturated carbocycles. The summed E-state index contributed by atoms with van der Waals surface area (Å²) in [6.45, 7) is 9.97. The van der Waals surface area contributed by atoms with E-state index < -0.39 is 0 Å². The van der Waals surface area contributed by atoms with Crippen LogP contribution in [-0.4, -0.2) is 32.1 Å². The molecule has 6 heteroatoms. The Morgan fingerprint density at radius 3 is 2.46 bits per heavy atom. The summed E-state index contributed by atoms with van der Waals surface area (Å²) >= 11 is 0. The van der Waals surface area contributed by atoms with Gasteiger partial charge in [0.15, 0.2) is 0 Å². The summed E-state index contributed by atoms with van der Waals surface area (Å²) in [6.07, 6.45) is 4.40. The number of ether oxygens (including phenoxy) is 2. The van der Waals surface area contributed by atoms with Gasteiger partial charge in [0.2, 0.25) is 5.91 Å². The number of nitrogens with one attached hydrogen (secondary N) is 2. The summed E-state index contributed by atoms with van der Waals surface area (Å²) in [5.74, 6) is 1.02. The van der Waals surface area contributed by atoms with Crippen LogP contribution in [0, 0.1) is 26.2 Å². The third-order valence-electron chi connectivity index (χ3n) is 9.01. The van der Waals surface area contributed by atoms with E-state index in [0.717, 1.165) is 24.4 Å². The molecular weight excluding hydrogens is 512 g/mol. The number of carbonyl (C=O) groups is 2. The first-order valence-corrected chi connectivity index (χ1v) is 14.8. The predicted octanol–water partition coefficient (Wildman–Crippen LogP) is 6.78. The van der Waals surface area contributed by atoms with E-state index in [9.17, 15) is 9.59 Å². The van der Waals surface area contributed by atoms with Gasteiger partial charge in [-0.05, 0) is 114 Å². The number of anilines is 1. The van der Waals surface area contributed by atoms with Gasteiger partial charge >= 0.3 is 5.97 Å². The zero-order valence-corrected chi connectivity index (χ0v) is 25.0. The lowest BCUT2D eigenvalue weighted by Gasteiger charge is -2.19. The predicted molar refractivity (Wildman–Crippen MR) is 163 cm³/mol. The van der Waals surface area contributed by atoms with Gasteiger partial charge in [0.05, 0.1) is 20.1 Å².